The number of nitrogens with one attached hydrogen (secondary N) is 2. The van der Waals surface area contributed by atoms with E-state index >= 15 is 0 Å². The molecule has 1 fully saturated rings. The molecule has 5 rings (SSSR count). The van der Waals surface area contributed by atoms with Gasteiger partial charge in [-0.3, -0.25) is 19.4 Å². The normalized spacial score (nSPS) is 18.9. The van der Waals surface area contributed by atoms with Gasteiger partial charge in [0.1, 0.15) is 16.6 Å². The van der Waals surface area contributed by atoms with E-state index in [1.54, 1.807) is 42.5 Å². The Morgan fingerprint density at radius 2 is 1.81 bits per heavy atom. The predicted octanol–water partition coefficient (Wildman–Crippen LogP) is 3.09. The molecule has 164 valence electrons. The Hall–Kier alpha value is -3.59. The minimum absolute atomic E-state index is 0.269. The molecule has 2 N–H and O–H groups in total. The fourth-order valence-electron chi connectivity index (χ4n) is 4.49. The van der Waals surface area contributed by atoms with Gasteiger partial charge >= 0.3 is 0 Å². The van der Waals surface area contributed by atoms with Gasteiger partial charge in [0.2, 0.25) is 0 Å². The number of carbonyl (C=O) groups excluding carboxylic acids is 1. The third-order valence-corrected chi connectivity index (χ3v) is 5.68. The number of benzene rings is 2. The van der Waals surface area contributed by atoms with Crippen molar-refractivity contribution in [3.8, 4) is 0 Å². The Balaban J connectivity index is 1.50. The van der Waals surface area contributed by atoms with E-state index in [0.717, 1.165) is 18.8 Å². The summed E-state index contributed by atoms with van der Waals surface area (Å²) in [6.45, 7) is 5.98. The van der Waals surface area contributed by atoms with E-state index in [9.17, 15) is 9.18 Å². The topological polar surface area (TPSA) is 88.0 Å². The number of amides is 1. The zero-order valence-electron chi connectivity index (χ0n) is 18.1. The van der Waals surface area contributed by atoms with Crippen LogP contribution in [0.4, 0.5) is 15.8 Å². The highest BCUT2D eigenvalue weighted by Crippen LogP contribution is 2.29. The average molecular weight is 433 g/mol. The van der Waals surface area contributed by atoms with E-state index in [-0.39, 0.29) is 11.4 Å². The van der Waals surface area contributed by atoms with Crippen LogP contribution in [0.1, 0.15) is 24.2 Å². The number of aromatic nitrogens is 4. The zero-order valence-corrected chi connectivity index (χ0v) is 18.1. The molecule has 1 aliphatic rings. The molecule has 0 spiro atoms. The van der Waals surface area contributed by atoms with Crippen molar-refractivity contribution < 1.29 is 9.18 Å². The highest BCUT2D eigenvalue weighted by molar-refractivity contribution is 6.13. The van der Waals surface area contributed by atoms with Gasteiger partial charge in [-0.2, -0.15) is 5.10 Å². The standard InChI is InChI=1S/C23H24FN7O/c1-13-10-31(11-14(2)27-13)19-5-4-17(21-22(19)26-7-6-25-21)23(32)28-16-8-15-12-30(3)29-20(15)18(24)9-16/h4-9,12-14,27H,10-11H2,1-3H3,(H,28,32)/t13-,14?/m0/s1. The van der Waals surface area contributed by atoms with Gasteiger partial charge in [0, 0.05) is 61.9 Å². The van der Waals surface area contributed by atoms with Crippen molar-refractivity contribution in [3.05, 3.63) is 54.2 Å². The SMILES string of the molecule is CC1CN(c2ccc(C(=O)Nc3cc(F)c4nn(C)cc4c3)c3nccnc23)C[C@H](C)N1. The number of hydrogen-bond acceptors (Lipinski definition) is 6. The van der Waals surface area contributed by atoms with Crippen molar-refractivity contribution in [2.24, 2.45) is 7.05 Å². The van der Waals surface area contributed by atoms with E-state index in [1.165, 1.54) is 6.07 Å². The molecular weight excluding hydrogens is 409 g/mol. The number of carbonyl (C=O) groups is 1. The first kappa shape index (κ1) is 20.3. The van der Waals surface area contributed by atoms with E-state index in [1.807, 2.05) is 6.07 Å². The monoisotopic (exact) mass is 433 g/mol. The number of rotatable bonds is 3. The average Bonchev–Trinajstić information content (AvgIpc) is 3.13. The Morgan fingerprint density at radius 3 is 2.56 bits per heavy atom. The van der Waals surface area contributed by atoms with E-state index < -0.39 is 5.82 Å². The second kappa shape index (κ2) is 7.83. The molecule has 32 heavy (non-hydrogen) atoms. The first-order valence-corrected chi connectivity index (χ1v) is 10.6. The largest absolute Gasteiger partial charge is 0.367 e. The summed E-state index contributed by atoms with van der Waals surface area (Å²) in [7, 11) is 1.73. The van der Waals surface area contributed by atoms with Gasteiger partial charge in [-0.05, 0) is 38.1 Å². The van der Waals surface area contributed by atoms with Crippen LogP contribution in [0.2, 0.25) is 0 Å². The lowest BCUT2D eigenvalue weighted by atomic mass is 10.1. The van der Waals surface area contributed by atoms with Crippen molar-refractivity contribution >= 4 is 39.2 Å². The summed E-state index contributed by atoms with van der Waals surface area (Å²) in [5.74, 6) is -0.855. The molecule has 2 aromatic heterocycles. The molecule has 1 saturated heterocycles. The molecule has 0 aliphatic carbocycles. The highest BCUT2D eigenvalue weighted by Gasteiger charge is 2.24. The Bertz CT molecular complexity index is 1320. The number of fused-ring (bicyclic) bond motifs is 2. The van der Waals surface area contributed by atoms with Crippen LogP contribution in [-0.4, -0.2) is 50.8 Å². The van der Waals surface area contributed by atoms with Crippen molar-refractivity contribution in [3.63, 3.8) is 0 Å². The van der Waals surface area contributed by atoms with E-state index in [2.05, 4.69) is 44.4 Å². The molecule has 1 unspecified atom stereocenters. The lowest BCUT2D eigenvalue weighted by Gasteiger charge is -2.38. The minimum atomic E-state index is -0.486. The molecule has 8 nitrogen and oxygen atoms in total. The maximum atomic E-state index is 14.4. The number of hydrogen-bond donors (Lipinski definition) is 2. The van der Waals surface area contributed by atoms with Crippen LogP contribution in [0.3, 0.4) is 0 Å². The van der Waals surface area contributed by atoms with E-state index in [0.29, 0.717) is 39.8 Å². The maximum absolute atomic E-state index is 14.4. The van der Waals surface area contributed by atoms with Crippen LogP contribution in [0.25, 0.3) is 21.9 Å². The van der Waals surface area contributed by atoms with Crippen molar-refractivity contribution in [1.29, 1.82) is 0 Å². The molecule has 2 aromatic carbocycles. The van der Waals surface area contributed by atoms with Crippen molar-refractivity contribution in [1.82, 2.24) is 25.1 Å². The Morgan fingerprint density at radius 1 is 1.09 bits per heavy atom. The third-order valence-electron chi connectivity index (χ3n) is 5.68. The molecule has 0 bridgehead atoms. The van der Waals surface area contributed by atoms with Crippen LogP contribution >= 0.6 is 0 Å². The second-order valence-electron chi connectivity index (χ2n) is 8.41. The van der Waals surface area contributed by atoms with Gasteiger partial charge < -0.3 is 15.5 Å². The predicted molar refractivity (Wildman–Crippen MR) is 122 cm³/mol. The summed E-state index contributed by atoms with van der Waals surface area (Å²) in [5.41, 5.74) is 3.16. The third kappa shape index (κ3) is 3.64. The molecule has 1 aliphatic heterocycles. The Kier molecular flexibility index (Phi) is 4.97. The Labute approximate surface area is 184 Å². The lowest BCUT2D eigenvalue weighted by molar-refractivity contribution is 0.102. The first-order valence-electron chi connectivity index (χ1n) is 10.6. The highest BCUT2D eigenvalue weighted by atomic mass is 19.1. The molecule has 9 heteroatoms. The van der Waals surface area contributed by atoms with Gasteiger partial charge in [-0.15, -0.1) is 0 Å². The maximum Gasteiger partial charge on any atom is 0.257 e. The number of aryl methyl sites for hydroxylation is 1. The number of anilines is 2. The second-order valence-corrected chi connectivity index (χ2v) is 8.41. The van der Waals surface area contributed by atoms with Gasteiger partial charge in [0.05, 0.1) is 11.3 Å². The van der Waals surface area contributed by atoms with Crippen molar-refractivity contribution in [2.75, 3.05) is 23.3 Å². The quantitative estimate of drug-likeness (QED) is 0.516. The molecular formula is C23H24FN7O. The minimum Gasteiger partial charge on any atom is -0.367 e. The molecule has 4 aromatic rings. The van der Waals surface area contributed by atoms with Gasteiger partial charge in [-0.25, -0.2) is 4.39 Å². The fourth-order valence-corrected chi connectivity index (χ4v) is 4.49. The summed E-state index contributed by atoms with van der Waals surface area (Å²) in [6.07, 6.45) is 4.92. The number of nitrogens with zero attached hydrogens (tertiary/aromatic N) is 5. The smallest absolute Gasteiger partial charge is 0.257 e. The van der Waals surface area contributed by atoms with Crippen LogP contribution in [0.5, 0.6) is 0 Å². The molecule has 0 saturated carbocycles. The summed E-state index contributed by atoms with van der Waals surface area (Å²) < 4.78 is 16.0. The summed E-state index contributed by atoms with van der Waals surface area (Å²) >= 11 is 0. The number of piperazine rings is 1. The molecule has 2 atom stereocenters. The van der Waals surface area contributed by atoms with Gasteiger partial charge in [-0.1, -0.05) is 0 Å². The summed E-state index contributed by atoms with van der Waals surface area (Å²) in [4.78, 5) is 24.4. The molecule has 3 heterocycles. The molecule has 1 amide bonds. The van der Waals surface area contributed by atoms with Crippen LogP contribution in [0.15, 0.2) is 42.9 Å². The summed E-state index contributed by atoms with van der Waals surface area (Å²) in [5, 5.41) is 11.0. The van der Waals surface area contributed by atoms with Crippen molar-refractivity contribution in [2.45, 2.75) is 25.9 Å². The summed E-state index contributed by atoms with van der Waals surface area (Å²) in [6, 6.07) is 7.34. The lowest BCUT2D eigenvalue weighted by Crippen LogP contribution is -2.54. The number of halogens is 1. The van der Waals surface area contributed by atoms with Gasteiger partial charge in [0.15, 0.2) is 5.82 Å². The van der Waals surface area contributed by atoms with Crippen LogP contribution in [0, 0.1) is 5.82 Å². The van der Waals surface area contributed by atoms with Crippen LogP contribution in [-0.2, 0) is 7.05 Å². The van der Waals surface area contributed by atoms with Gasteiger partial charge in [0.25, 0.3) is 5.91 Å². The first-order chi connectivity index (χ1) is 15.4. The zero-order chi connectivity index (χ0) is 22.4. The van der Waals surface area contributed by atoms with Crippen LogP contribution < -0.4 is 15.5 Å². The fraction of sp³-hybridized carbons (Fsp3) is 0.304. The molecule has 0 radical (unpaired) electrons. The van der Waals surface area contributed by atoms with E-state index in [4.69, 9.17) is 0 Å².